The zero-order chi connectivity index (χ0) is 11.8. The zero-order valence-electron chi connectivity index (χ0n) is 9.69. The average molecular weight is 242 g/mol. The van der Waals surface area contributed by atoms with Gasteiger partial charge in [-0.2, -0.15) is 0 Å². The van der Waals surface area contributed by atoms with Crippen molar-refractivity contribution in [2.45, 2.75) is 26.8 Å². The van der Waals surface area contributed by atoms with Crippen LogP contribution in [0.15, 0.2) is 18.2 Å². The van der Waals surface area contributed by atoms with Gasteiger partial charge in [0.05, 0.1) is 0 Å². The minimum absolute atomic E-state index is 0.227. The van der Waals surface area contributed by atoms with Gasteiger partial charge in [-0.1, -0.05) is 31.5 Å². The minimum Gasteiger partial charge on any atom is -0.312 e. The Labute approximate surface area is 101 Å². The fraction of sp³-hybridized carbons (Fsp3) is 0.538. The highest BCUT2D eigenvalue weighted by Crippen LogP contribution is 2.50. The van der Waals surface area contributed by atoms with Crippen LogP contribution in [0.3, 0.4) is 0 Å². The van der Waals surface area contributed by atoms with Crippen molar-refractivity contribution in [3.8, 4) is 0 Å². The lowest BCUT2D eigenvalue weighted by atomic mass is 10.1. The van der Waals surface area contributed by atoms with Gasteiger partial charge in [-0.3, -0.25) is 0 Å². The summed E-state index contributed by atoms with van der Waals surface area (Å²) in [6, 6.07) is 4.82. The highest BCUT2D eigenvalue weighted by atomic mass is 35.5. The van der Waals surface area contributed by atoms with Crippen LogP contribution in [0.1, 0.15) is 25.8 Å². The molecule has 1 atom stereocenters. The van der Waals surface area contributed by atoms with Crippen LogP contribution in [0.25, 0.3) is 0 Å². The first-order valence-electron chi connectivity index (χ1n) is 5.64. The lowest BCUT2D eigenvalue weighted by Gasteiger charge is -2.07. The molecule has 3 heteroatoms. The Morgan fingerprint density at radius 3 is 2.75 bits per heavy atom. The lowest BCUT2D eigenvalue weighted by Crippen LogP contribution is -2.18. The number of benzene rings is 1. The minimum atomic E-state index is -0.227. The van der Waals surface area contributed by atoms with Crippen LogP contribution in [-0.4, -0.2) is 6.54 Å². The van der Waals surface area contributed by atoms with Gasteiger partial charge in [0.2, 0.25) is 0 Å². The van der Waals surface area contributed by atoms with Gasteiger partial charge in [0.1, 0.15) is 5.82 Å². The molecule has 1 saturated carbocycles. The Morgan fingerprint density at radius 2 is 2.19 bits per heavy atom. The quantitative estimate of drug-likeness (QED) is 0.849. The zero-order valence-corrected chi connectivity index (χ0v) is 10.4. The molecule has 0 heterocycles. The highest BCUT2D eigenvalue weighted by molar-refractivity contribution is 6.30. The Morgan fingerprint density at radius 1 is 1.50 bits per heavy atom. The van der Waals surface area contributed by atoms with E-state index in [9.17, 15) is 4.39 Å². The van der Waals surface area contributed by atoms with E-state index >= 15 is 0 Å². The van der Waals surface area contributed by atoms with Crippen LogP contribution in [0.5, 0.6) is 0 Å². The summed E-state index contributed by atoms with van der Waals surface area (Å²) in [5.41, 5.74) is 1.16. The van der Waals surface area contributed by atoms with Crippen molar-refractivity contribution in [1.82, 2.24) is 5.32 Å². The van der Waals surface area contributed by atoms with Gasteiger partial charge in [-0.05, 0) is 36.4 Å². The van der Waals surface area contributed by atoms with Crippen molar-refractivity contribution in [1.29, 1.82) is 0 Å². The van der Waals surface area contributed by atoms with Crippen LogP contribution in [0, 0.1) is 17.2 Å². The van der Waals surface area contributed by atoms with Gasteiger partial charge in [0.25, 0.3) is 0 Å². The van der Waals surface area contributed by atoms with Crippen molar-refractivity contribution in [2.75, 3.05) is 6.54 Å². The van der Waals surface area contributed by atoms with Gasteiger partial charge in [-0.15, -0.1) is 0 Å². The maximum atomic E-state index is 13.4. The number of hydrogen-bond donors (Lipinski definition) is 1. The summed E-state index contributed by atoms with van der Waals surface area (Å²) in [6.07, 6.45) is 1.27. The summed E-state index contributed by atoms with van der Waals surface area (Å²) in [6.45, 7) is 6.08. The van der Waals surface area contributed by atoms with Gasteiger partial charge in [0.15, 0.2) is 0 Å². The number of hydrogen-bond acceptors (Lipinski definition) is 1. The summed E-state index contributed by atoms with van der Waals surface area (Å²) in [5, 5.41) is 3.75. The molecule has 0 radical (unpaired) electrons. The summed E-state index contributed by atoms with van der Waals surface area (Å²) < 4.78 is 13.4. The molecule has 1 nitrogen and oxygen atoms in total. The number of rotatable bonds is 4. The van der Waals surface area contributed by atoms with E-state index in [2.05, 4.69) is 19.2 Å². The highest BCUT2D eigenvalue weighted by Gasteiger charge is 2.44. The number of halogens is 2. The molecule has 1 aromatic rings. The molecular formula is C13H17ClFN. The average Bonchev–Trinajstić information content (AvgIpc) is 2.78. The second kappa shape index (κ2) is 4.34. The van der Waals surface area contributed by atoms with Gasteiger partial charge >= 0.3 is 0 Å². The molecule has 1 aliphatic rings. The van der Waals surface area contributed by atoms with Crippen molar-refractivity contribution >= 4 is 11.6 Å². The van der Waals surface area contributed by atoms with E-state index in [-0.39, 0.29) is 5.82 Å². The Kier molecular flexibility index (Phi) is 3.22. The predicted molar refractivity (Wildman–Crippen MR) is 65.0 cm³/mol. The van der Waals surface area contributed by atoms with E-state index < -0.39 is 0 Å². The van der Waals surface area contributed by atoms with Crippen molar-refractivity contribution in [3.05, 3.63) is 34.6 Å². The van der Waals surface area contributed by atoms with Crippen LogP contribution in [0.4, 0.5) is 4.39 Å². The molecule has 16 heavy (non-hydrogen) atoms. The van der Waals surface area contributed by atoms with E-state index in [1.165, 1.54) is 12.5 Å². The first-order chi connectivity index (χ1) is 7.49. The molecule has 0 amide bonds. The van der Waals surface area contributed by atoms with Gasteiger partial charge < -0.3 is 5.32 Å². The molecule has 0 spiro atoms. The summed E-state index contributed by atoms with van der Waals surface area (Å²) >= 11 is 5.69. The second-order valence-corrected chi connectivity index (χ2v) is 5.69. The standard InChI is InChI=1S/C13H17ClFN/c1-13(2)6-10(13)8-16-7-9-3-4-11(14)5-12(9)15/h3-5,10,16H,6-8H2,1-2H3. The summed E-state index contributed by atoms with van der Waals surface area (Å²) in [7, 11) is 0. The van der Waals surface area contributed by atoms with Crippen LogP contribution in [0.2, 0.25) is 5.02 Å². The van der Waals surface area contributed by atoms with Crippen molar-refractivity contribution in [2.24, 2.45) is 11.3 Å². The Hall–Kier alpha value is -0.600. The predicted octanol–water partition coefficient (Wildman–Crippen LogP) is 3.61. The van der Waals surface area contributed by atoms with Crippen molar-refractivity contribution in [3.63, 3.8) is 0 Å². The first kappa shape index (κ1) is 11.9. The summed E-state index contributed by atoms with van der Waals surface area (Å²) in [4.78, 5) is 0. The molecule has 0 aromatic heterocycles. The largest absolute Gasteiger partial charge is 0.312 e. The molecule has 0 bridgehead atoms. The van der Waals surface area contributed by atoms with Gasteiger partial charge in [-0.25, -0.2) is 4.39 Å². The SMILES string of the molecule is CC1(C)CC1CNCc1ccc(Cl)cc1F. The normalized spacial score (nSPS) is 22.1. The smallest absolute Gasteiger partial charge is 0.129 e. The molecule has 1 N–H and O–H groups in total. The van der Waals surface area contributed by atoms with E-state index in [1.54, 1.807) is 12.1 Å². The fourth-order valence-electron chi connectivity index (χ4n) is 1.97. The Bertz CT molecular complexity index is 390. The third-order valence-electron chi connectivity index (χ3n) is 3.44. The maximum Gasteiger partial charge on any atom is 0.129 e. The van der Waals surface area contributed by atoms with E-state index in [0.717, 1.165) is 12.5 Å². The van der Waals surface area contributed by atoms with Gasteiger partial charge in [0, 0.05) is 17.1 Å². The summed E-state index contributed by atoms with van der Waals surface area (Å²) in [5.74, 6) is 0.512. The molecule has 0 aliphatic heterocycles. The molecule has 1 fully saturated rings. The molecule has 1 aromatic carbocycles. The monoisotopic (exact) mass is 241 g/mol. The molecule has 1 aliphatic carbocycles. The second-order valence-electron chi connectivity index (χ2n) is 5.26. The van der Waals surface area contributed by atoms with E-state index in [1.807, 2.05) is 0 Å². The van der Waals surface area contributed by atoms with E-state index in [4.69, 9.17) is 11.6 Å². The molecule has 88 valence electrons. The molecule has 2 rings (SSSR count). The molecular weight excluding hydrogens is 225 g/mol. The van der Waals surface area contributed by atoms with Crippen LogP contribution < -0.4 is 5.32 Å². The van der Waals surface area contributed by atoms with Crippen LogP contribution in [-0.2, 0) is 6.54 Å². The third-order valence-corrected chi connectivity index (χ3v) is 3.67. The molecule has 0 saturated heterocycles. The lowest BCUT2D eigenvalue weighted by molar-refractivity contribution is 0.512. The first-order valence-corrected chi connectivity index (χ1v) is 6.01. The third kappa shape index (κ3) is 2.74. The van der Waals surface area contributed by atoms with E-state index in [0.29, 0.717) is 22.5 Å². The van der Waals surface area contributed by atoms with Crippen molar-refractivity contribution < 1.29 is 4.39 Å². The molecule has 1 unspecified atom stereocenters. The van der Waals surface area contributed by atoms with Crippen LogP contribution >= 0.6 is 11.6 Å². The topological polar surface area (TPSA) is 12.0 Å². The number of nitrogens with one attached hydrogen (secondary N) is 1. The maximum absolute atomic E-state index is 13.4. The fourth-order valence-corrected chi connectivity index (χ4v) is 2.13. The Balaban J connectivity index is 1.81.